The van der Waals surface area contributed by atoms with Crippen LogP contribution in [0.3, 0.4) is 0 Å². The molecule has 0 amide bonds. The van der Waals surface area contributed by atoms with Crippen LogP contribution in [0.15, 0.2) is 30.3 Å². The summed E-state index contributed by atoms with van der Waals surface area (Å²) in [4.78, 5) is 0. The Balaban J connectivity index is 2.91. The standard InChI is InChI=1S/C24H43NO3S/c1-5-7-8-9-10-12-17-22(16-6-2)24(23-18-13-11-14-19-23)25(3,4)20-15-21-29(26,27)28/h11,13-14,18-19,22,24H,5-10,12,15-17,20-21H2,1-4H3. The van der Waals surface area contributed by atoms with E-state index in [1.54, 1.807) is 0 Å². The number of quaternary nitrogens is 1. The molecule has 0 aliphatic carbocycles. The van der Waals surface area contributed by atoms with Crippen LogP contribution in [-0.4, -0.2) is 43.8 Å². The molecule has 2 unspecified atom stereocenters. The quantitative estimate of drug-likeness (QED) is 0.188. The monoisotopic (exact) mass is 425 g/mol. The molecule has 5 heteroatoms. The van der Waals surface area contributed by atoms with Crippen molar-refractivity contribution in [3.05, 3.63) is 35.9 Å². The van der Waals surface area contributed by atoms with Crippen LogP contribution in [0.4, 0.5) is 0 Å². The van der Waals surface area contributed by atoms with Crippen molar-refractivity contribution in [3.63, 3.8) is 0 Å². The molecule has 1 aromatic carbocycles. The lowest BCUT2D eigenvalue weighted by atomic mass is 9.83. The zero-order valence-corrected chi connectivity index (χ0v) is 19.9. The molecule has 1 aromatic rings. The fourth-order valence-corrected chi connectivity index (χ4v) is 5.18. The molecule has 1 rings (SSSR count). The number of hydrogen-bond acceptors (Lipinski definition) is 3. The second-order valence-corrected chi connectivity index (χ2v) is 10.6. The maximum absolute atomic E-state index is 11.1. The van der Waals surface area contributed by atoms with Gasteiger partial charge in [-0.15, -0.1) is 0 Å². The summed E-state index contributed by atoms with van der Waals surface area (Å²) in [6, 6.07) is 11.0. The minimum absolute atomic E-state index is 0.272. The van der Waals surface area contributed by atoms with Crippen LogP contribution in [0.25, 0.3) is 0 Å². The first-order chi connectivity index (χ1) is 13.7. The molecule has 0 heterocycles. The highest BCUT2D eigenvalue weighted by atomic mass is 32.2. The maximum atomic E-state index is 11.1. The number of unbranched alkanes of at least 4 members (excludes halogenated alkanes) is 5. The molecule has 29 heavy (non-hydrogen) atoms. The molecule has 0 aliphatic rings. The van der Waals surface area contributed by atoms with Crippen LogP contribution in [0, 0.1) is 5.92 Å². The predicted octanol–water partition coefficient (Wildman–Crippen LogP) is 5.91. The molecule has 0 fully saturated rings. The van der Waals surface area contributed by atoms with E-state index < -0.39 is 10.1 Å². The maximum Gasteiger partial charge on any atom is 0.117 e. The van der Waals surface area contributed by atoms with Gasteiger partial charge in [-0.3, -0.25) is 0 Å². The molecule has 4 nitrogen and oxygen atoms in total. The minimum atomic E-state index is -4.15. The van der Waals surface area contributed by atoms with E-state index in [1.807, 2.05) is 6.07 Å². The van der Waals surface area contributed by atoms with Crippen molar-refractivity contribution in [2.45, 2.75) is 84.1 Å². The van der Waals surface area contributed by atoms with Crippen molar-refractivity contribution < 1.29 is 17.5 Å². The van der Waals surface area contributed by atoms with E-state index in [9.17, 15) is 13.0 Å². The smallest absolute Gasteiger partial charge is 0.117 e. The highest BCUT2D eigenvalue weighted by molar-refractivity contribution is 7.85. The number of benzene rings is 1. The summed E-state index contributed by atoms with van der Waals surface area (Å²) in [5.41, 5.74) is 1.33. The van der Waals surface area contributed by atoms with Gasteiger partial charge in [0.2, 0.25) is 0 Å². The highest BCUT2D eigenvalue weighted by Gasteiger charge is 2.36. The van der Waals surface area contributed by atoms with Gasteiger partial charge in [-0.25, -0.2) is 8.42 Å². The molecule has 168 valence electrons. The van der Waals surface area contributed by atoms with Crippen LogP contribution in [0.1, 0.15) is 89.7 Å². The first kappa shape index (κ1) is 26.1. The predicted molar refractivity (Wildman–Crippen MR) is 122 cm³/mol. The first-order valence-electron chi connectivity index (χ1n) is 11.5. The van der Waals surface area contributed by atoms with Gasteiger partial charge in [0.1, 0.15) is 6.04 Å². The van der Waals surface area contributed by atoms with E-state index >= 15 is 0 Å². The molecule has 0 aromatic heterocycles. The Morgan fingerprint density at radius 2 is 1.48 bits per heavy atom. The van der Waals surface area contributed by atoms with Crippen molar-refractivity contribution in [1.82, 2.24) is 0 Å². The van der Waals surface area contributed by atoms with Gasteiger partial charge >= 0.3 is 0 Å². The third-order valence-corrected chi connectivity index (χ3v) is 6.85. The van der Waals surface area contributed by atoms with Gasteiger partial charge in [0, 0.05) is 23.7 Å². The summed E-state index contributed by atoms with van der Waals surface area (Å²) in [6.45, 7) is 5.19. The Hall–Kier alpha value is -0.910. The van der Waals surface area contributed by atoms with E-state index in [2.05, 4.69) is 52.2 Å². The molecular formula is C24H43NO3S. The third-order valence-electron chi connectivity index (χ3n) is 6.06. The Morgan fingerprint density at radius 1 is 0.862 bits per heavy atom. The molecular weight excluding hydrogens is 382 g/mol. The number of hydrogen-bond donors (Lipinski definition) is 0. The molecule has 0 saturated heterocycles. The van der Waals surface area contributed by atoms with Crippen LogP contribution in [-0.2, 0) is 10.1 Å². The lowest BCUT2D eigenvalue weighted by Gasteiger charge is -2.43. The Bertz CT molecular complexity index is 643. The minimum Gasteiger partial charge on any atom is -0.748 e. The molecule has 0 radical (unpaired) electrons. The van der Waals surface area contributed by atoms with Crippen molar-refractivity contribution in [2.24, 2.45) is 5.92 Å². The van der Waals surface area contributed by atoms with E-state index in [-0.39, 0.29) is 5.75 Å². The van der Waals surface area contributed by atoms with Gasteiger partial charge < -0.3 is 9.04 Å². The summed E-state index contributed by atoms with van der Waals surface area (Å²) in [6.07, 6.45) is 11.8. The van der Waals surface area contributed by atoms with Gasteiger partial charge in [0.25, 0.3) is 0 Å². The summed E-state index contributed by atoms with van der Waals surface area (Å²) in [5.74, 6) is 0.291. The average molecular weight is 426 g/mol. The largest absolute Gasteiger partial charge is 0.748 e. The van der Waals surface area contributed by atoms with Crippen molar-refractivity contribution >= 4 is 10.1 Å². The summed E-state index contributed by atoms with van der Waals surface area (Å²) < 4.78 is 34.0. The van der Waals surface area contributed by atoms with E-state index in [4.69, 9.17) is 0 Å². The van der Waals surface area contributed by atoms with E-state index in [1.165, 1.54) is 56.9 Å². The van der Waals surface area contributed by atoms with Crippen LogP contribution >= 0.6 is 0 Å². The van der Waals surface area contributed by atoms with Gasteiger partial charge in [-0.2, -0.15) is 0 Å². The molecule has 0 aliphatic heterocycles. The lowest BCUT2D eigenvalue weighted by Crippen LogP contribution is -2.47. The highest BCUT2D eigenvalue weighted by Crippen LogP contribution is 2.38. The Kier molecular flexibility index (Phi) is 12.1. The van der Waals surface area contributed by atoms with Crippen molar-refractivity contribution in [3.8, 4) is 0 Å². The molecule has 0 N–H and O–H groups in total. The van der Waals surface area contributed by atoms with Crippen LogP contribution < -0.4 is 0 Å². The zero-order valence-electron chi connectivity index (χ0n) is 19.1. The average Bonchev–Trinajstić information content (AvgIpc) is 2.64. The molecule has 2 atom stereocenters. The van der Waals surface area contributed by atoms with Gasteiger partial charge in [-0.05, 0) is 12.8 Å². The molecule has 0 spiro atoms. The topological polar surface area (TPSA) is 57.2 Å². The second kappa shape index (κ2) is 13.4. The summed E-state index contributed by atoms with van der Waals surface area (Å²) >= 11 is 0. The summed E-state index contributed by atoms with van der Waals surface area (Å²) in [7, 11) is 0.234. The van der Waals surface area contributed by atoms with Crippen molar-refractivity contribution in [1.29, 1.82) is 0 Å². The number of rotatable bonds is 16. The number of nitrogens with zero attached hydrogens (tertiary/aromatic N) is 1. The van der Waals surface area contributed by atoms with E-state index in [0.29, 0.717) is 24.9 Å². The van der Waals surface area contributed by atoms with Crippen LogP contribution in [0.2, 0.25) is 0 Å². The van der Waals surface area contributed by atoms with Gasteiger partial charge in [-0.1, -0.05) is 89.1 Å². The Morgan fingerprint density at radius 3 is 2.07 bits per heavy atom. The fraction of sp³-hybridized carbons (Fsp3) is 0.750. The van der Waals surface area contributed by atoms with Crippen LogP contribution in [0.5, 0.6) is 0 Å². The third kappa shape index (κ3) is 10.6. The SMILES string of the molecule is CCCCCCCCC(CCC)C(c1ccccc1)[N+](C)(C)CCCS(=O)(=O)[O-]. The lowest BCUT2D eigenvalue weighted by molar-refractivity contribution is -0.925. The normalized spacial score (nSPS) is 14.7. The molecule has 0 bridgehead atoms. The van der Waals surface area contributed by atoms with Crippen molar-refractivity contribution in [2.75, 3.05) is 26.4 Å². The zero-order chi connectivity index (χ0) is 21.8. The summed E-state index contributed by atoms with van der Waals surface area (Å²) in [5, 5.41) is 0. The Labute approximate surface area is 180 Å². The molecule has 0 saturated carbocycles. The fourth-order valence-electron chi connectivity index (χ4n) is 4.70. The van der Waals surface area contributed by atoms with Gasteiger partial charge in [0.15, 0.2) is 0 Å². The van der Waals surface area contributed by atoms with E-state index in [0.717, 1.165) is 10.9 Å². The van der Waals surface area contributed by atoms with Gasteiger partial charge in [0.05, 0.1) is 30.8 Å². The second-order valence-electron chi connectivity index (χ2n) is 9.08. The first-order valence-corrected chi connectivity index (χ1v) is 13.1.